The lowest BCUT2D eigenvalue weighted by Gasteiger charge is -2.38. The van der Waals surface area contributed by atoms with E-state index in [2.05, 4.69) is 0 Å². The van der Waals surface area contributed by atoms with E-state index in [4.69, 9.17) is 19.2 Å². The number of para-hydroxylation sites is 1. The zero-order chi connectivity index (χ0) is 29.8. The Morgan fingerprint density at radius 1 is 0.952 bits per heavy atom. The number of carbonyl (C=O) groups excluding carboxylic acids is 3. The molecule has 0 saturated carbocycles. The van der Waals surface area contributed by atoms with Crippen molar-refractivity contribution in [1.29, 1.82) is 0 Å². The van der Waals surface area contributed by atoms with E-state index in [1.54, 1.807) is 43.9 Å². The summed E-state index contributed by atoms with van der Waals surface area (Å²) in [5.74, 6) is 0.454. The molecule has 1 atom stereocenters. The molecule has 0 radical (unpaired) electrons. The zero-order valence-corrected chi connectivity index (χ0v) is 25.0. The molecule has 2 aromatic carbocycles. The van der Waals surface area contributed by atoms with Gasteiger partial charge in [-0.05, 0) is 24.0 Å². The Morgan fingerprint density at radius 3 is 2.33 bits per heavy atom. The molecule has 1 fully saturated rings. The van der Waals surface area contributed by atoms with Crippen molar-refractivity contribution in [1.82, 2.24) is 14.7 Å². The molecule has 3 heterocycles. The minimum absolute atomic E-state index is 0.00934. The minimum atomic E-state index is -0.672. The van der Waals surface area contributed by atoms with E-state index in [0.717, 1.165) is 5.56 Å². The van der Waals surface area contributed by atoms with Crippen LogP contribution in [0.1, 0.15) is 37.4 Å². The van der Waals surface area contributed by atoms with Crippen LogP contribution in [0.2, 0.25) is 0 Å². The van der Waals surface area contributed by atoms with Gasteiger partial charge in [-0.25, -0.2) is 9.79 Å². The van der Waals surface area contributed by atoms with Crippen LogP contribution in [0.3, 0.4) is 0 Å². The fraction of sp³-hybridized carbons (Fsp3) is 0.355. The van der Waals surface area contributed by atoms with E-state index >= 15 is 0 Å². The molecule has 5 rings (SSSR count). The number of hydrogen-bond donors (Lipinski definition) is 0. The number of amidine groups is 1. The number of hydrogen-bond acceptors (Lipinski definition) is 9. The topological polar surface area (TPSA) is 101 Å². The van der Waals surface area contributed by atoms with E-state index in [1.807, 2.05) is 52.8 Å². The van der Waals surface area contributed by atoms with E-state index in [0.29, 0.717) is 65.4 Å². The molecule has 2 amide bonds. The molecule has 2 aromatic rings. The first-order valence-electron chi connectivity index (χ1n) is 13.7. The van der Waals surface area contributed by atoms with Gasteiger partial charge in [0.25, 0.3) is 0 Å². The van der Waals surface area contributed by atoms with Crippen LogP contribution in [-0.2, 0) is 25.7 Å². The fourth-order valence-electron chi connectivity index (χ4n) is 5.39. The third kappa shape index (κ3) is 5.87. The minimum Gasteiger partial charge on any atom is -0.493 e. The van der Waals surface area contributed by atoms with Gasteiger partial charge in [-0.15, -0.1) is 0 Å². The highest BCUT2D eigenvalue weighted by atomic mass is 32.2. The predicted octanol–water partition coefficient (Wildman–Crippen LogP) is 4.10. The van der Waals surface area contributed by atoms with Gasteiger partial charge < -0.3 is 28.9 Å². The number of allylic oxidation sites excluding steroid dienone is 1. The fourth-order valence-corrected chi connectivity index (χ4v) is 6.35. The van der Waals surface area contributed by atoms with E-state index in [9.17, 15) is 14.4 Å². The molecule has 0 aromatic heterocycles. The third-order valence-electron chi connectivity index (χ3n) is 7.57. The van der Waals surface area contributed by atoms with Crippen molar-refractivity contribution >= 4 is 34.7 Å². The summed E-state index contributed by atoms with van der Waals surface area (Å²) in [5.41, 5.74) is 3.16. The van der Waals surface area contributed by atoms with Crippen LogP contribution >= 0.6 is 11.8 Å². The standard InChI is InChI=1S/C31H34N4O6S/c1-20-27(30(38)41-18-22-9-6-5-7-10-22)28(24-11-8-12-25(39-3)29(24)40-4)35-23(19-42-31(35)32-20)17-26(37)34-15-13-33(14-16-34)21(2)36/h5-12,19,28H,13-18H2,1-4H3/t28-/m0/s1. The summed E-state index contributed by atoms with van der Waals surface area (Å²) in [6, 6.07) is 14.3. The Balaban J connectivity index is 1.47. The molecule has 220 valence electrons. The Labute approximate surface area is 249 Å². The van der Waals surface area contributed by atoms with Crippen molar-refractivity contribution in [3.63, 3.8) is 0 Å². The highest BCUT2D eigenvalue weighted by molar-refractivity contribution is 8.16. The zero-order valence-electron chi connectivity index (χ0n) is 24.2. The molecular formula is C31H34N4O6S. The molecule has 0 unspecified atom stereocenters. The van der Waals surface area contributed by atoms with Gasteiger partial charge in [0.2, 0.25) is 11.8 Å². The largest absolute Gasteiger partial charge is 0.493 e. The third-order valence-corrected chi connectivity index (χ3v) is 8.46. The number of carbonyl (C=O) groups is 3. The van der Waals surface area contributed by atoms with Crippen molar-refractivity contribution in [3.05, 3.63) is 82.0 Å². The van der Waals surface area contributed by atoms with Crippen LogP contribution in [0, 0.1) is 0 Å². The van der Waals surface area contributed by atoms with E-state index in [1.165, 1.54) is 11.8 Å². The maximum absolute atomic E-state index is 13.8. The highest BCUT2D eigenvalue weighted by Gasteiger charge is 2.43. The summed E-state index contributed by atoms with van der Waals surface area (Å²) in [5, 5.41) is 2.57. The second-order valence-electron chi connectivity index (χ2n) is 10.1. The normalized spacial score (nSPS) is 18.3. The molecule has 3 aliphatic heterocycles. The SMILES string of the molecule is COc1cccc([C@H]2C(C(=O)OCc3ccccc3)=C(C)N=C3SC=C(CC(=O)N4CCN(C(C)=O)CC4)N32)c1OC. The smallest absolute Gasteiger partial charge is 0.338 e. The molecule has 3 aliphatic rings. The molecule has 0 spiro atoms. The Hall–Kier alpha value is -4.25. The predicted molar refractivity (Wildman–Crippen MR) is 160 cm³/mol. The summed E-state index contributed by atoms with van der Waals surface area (Å²) in [6.07, 6.45) is 0.111. The van der Waals surface area contributed by atoms with Crippen molar-refractivity contribution in [2.45, 2.75) is 32.9 Å². The highest BCUT2D eigenvalue weighted by Crippen LogP contribution is 2.48. The number of aliphatic imine (C=N–C) groups is 1. The maximum atomic E-state index is 13.8. The van der Waals surface area contributed by atoms with E-state index in [-0.39, 0.29) is 24.8 Å². The molecule has 11 heteroatoms. The second kappa shape index (κ2) is 12.7. The molecule has 10 nitrogen and oxygen atoms in total. The molecule has 42 heavy (non-hydrogen) atoms. The quantitative estimate of drug-likeness (QED) is 0.424. The van der Waals surface area contributed by atoms with Crippen LogP contribution in [0.5, 0.6) is 11.5 Å². The van der Waals surface area contributed by atoms with Gasteiger partial charge in [0.1, 0.15) is 6.61 Å². The van der Waals surface area contributed by atoms with Crippen LogP contribution < -0.4 is 9.47 Å². The van der Waals surface area contributed by atoms with Crippen molar-refractivity contribution in [2.24, 2.45) is 4.99 Å². The lowest BCUT2D eigenvalue weighted by molar-refractivity contribution is -0.141. The van der Waals surface area contributed by atoms with Gasteiger partial charge in [-0.3, -0.25) is 9.59 Å². The second-order valence-corrected chi connectivity index (χ2v) is 10.9. The lowest BCUT2D eigenvalue weighted by atomic mass is 9.92. The lowest BCUT2D eigenvalue weighted by Crippen LogP contribution is -2.50. The monoisotopic (exact) mass is 590 g/mol. The molecule has 0 aliphatic carbocycles. The number of rotatable bonds is 8. The first-order chi connectivity index (χ1) is 20.3. The number of ether oxygens (including phenoxy) is 3. The van der Waals surface area contributed by atoms with Gasteiger partial charge >= 0.3 is 5.97 Å². The number of fused-ring (bicyclic) bond motifs is 1. The first-order valence-corrected chi connectivity index (χ1v) is 14.6. The average Bonchev–Trinajstić information content (AvgIpc) is 3.40. The van der Waals surface area contributed by atoms with E-state index < -0.39 is 12.0 Å². The number of thioether (sulfide) groups is 1. The van der Waals surface area contributed by atoms with Crippen LogP contribution in [0.25, 0.3) is 0 Å². The first kappa shape index (κ1) is 29.2. The van der Waals surface area contributed by atoms with Gasteiger partial charge in [0.05, 0.1) is 38.0 Å². The number of amides is 2. The number of piperazine rings is 1. The van der Waals surface area contributed by atoms with Gasteiger partial charge in [0.15, 0.2) is 16.7 Å². The summed E-state index contributed by atoms with van der Waals surface area (Å²) in [7, 11) is 3.12. The average molecular weight is 591 g/mol. The van der Waals surface area contributed by atoms with Gasteiger partial charge in [0, 0.05) is 44.4 Å². The van der Waals surface area contributed by atoms with Gasteiger partial charge in [-0.1, -0.05) is 54.2 Å². The number of benzene rings is 2. The van der Waals surface area contributed by atoms with Crippen molar-refractivity contribution in [3.8, 4) is 11.5 Å². The Morgan fingerprint density at radius 2 is 1.67 bits per heavy atom. The summed E-state index contributed by atoms with van der Waals surface area (Å²) >= 11 is 1.41. The number of methoxy groups -OCH3 is 2. The summed E-state index contributed by atoms with van der Waals surface area (Å²) in [6.45, 7) is 5.41. The Bertz CT molecular complexity index is 1460. The molecule has 1 saturated heterocycles. The van der Waals surface area contributed by atoms with Gasteiger partial charge in [-0.2, -0.15) is 0 Å². The van der Waals surface area contributed by atoms with Crippen LogP contribution in [0.15, 0.2) is 75.9 Å². The number of nitrogens with zero attached hydrogens (tertiary/aromatic N) is 4. The van der Waals surface area contributed by atoms with Crippen LogP contribution in [0.4, 0.5) is 0 Å². The maximum Gasteiger partial charge on any atom is 0.338 e. The molecule has 0 bridgehead atoms. The summed E-state index contributed by atoms with van der Waals surface area (Å²) < 4.78 is 17.2. The summed E-state index contributed by atoms with van der Waals surface area (Å²) in [4.78, 5) is 49.2. The Kier molecular flexibility index (Phi) is 8.86. The number of esters is 1. The van der Waals surface area contributed by atoms with Crippen molar-refractivity contribution in [2.75, 3.05) is 40.4 Å². The van der Waals surface area contributed by atoms with Crippen LogP contribution in [-0.4, -0.2) is 78.0 Å². The molecular weight excluding hydrogens is 556 g/mol. The van der Waals surface area contributed by atoms with Crippen molar-refractivity contribution < 1.29 is 28.6 Å². The molecule has 0 N–H and O–H groups in total.